The largest absolute Gasteiger partial charge is 0.344 e. The van der Waals surface area contributed by atoms with Crippen molar-refractivity contribution in [1.82, 2.24) is 15.3 Å². The van der Waals surface area contributed by atoms with Crippen LogP contribution in [0.15, 0.2) is 0 Å². The summed E-state index contributed by atoms with van der Waals surface area (Å²) in [6.45, 7) is 0.720. The predicted octanol–water partition coefficient (Wildman–Crippen LogP) is 0.133. The van der Waals surface area contributed by atoms with Gasteiger partial charge in [0.05, 0.1) is 29.4 Å². The van der Waals surface area contributed by atoms with Crippen LogP contribution in [0.4, 0.5) is 0 Å². The number of hydrogen-bond donors (Lipinski definition) is 2. The molecule has 0 bridgehead atoms. The van der Waals surface area contributed by atoms with E-state index in [4.69, 9.17) is 0 Å². The molecule has 16 heavy (non-hydrogen) atoms. The lowest BCUT2D eigenvalue weighted by atomic mass is 10.3. The molecule has 1 aromatic rings. The summed E-state index contributed by atoms with van der Waals surface area (Å²) in [6.07, 6.45) is 3.04. The van der Waals surface area contributed by atoms with E-state index in [1.165, 1.54) is 12.8 Å². The van der Waals surface area contributed by atoms with Crippen LogP contribution in [0.25, 0.3) is 0 Å². The Bertz CT molecular complexity index is 502. The highest BCUT2D eigenvalue weighted by atomic mass is 32.2. The second-order valence-corrected chi connectivity index (χ2v) is 6.79. The van der Waals surface area contributed by atoms with Crippen molar-refractivity contribution in [3.8, 4) is 0 Å². The van der Waals surface area contributed by atoms with Crippen LogP contribution in [0.3, 0.4) is 0 Å². The van der Waals surface area contributed by atoms with Crippen LogP contribution in [0.2, 0.25) is 0 Å². The number of aryl methyl sites for hydroxylation is 1. The zero-order chi connectivity index (χ0) is 11.2. The first kappa shape index (κ1) is 10.3. The van der Waals surface area contributed by atoms with E-state index in [9.17, 15) is 8.42 Å². The molecule has 2 heterocycles. The molecule has 0 aromatic carbocycles. The quantitative estimate of drug-likeness (QED) is 0.789. The minimum absolute atomic E-state index is 0.124. The number of sulfone groups is 1. The van der Waals surface area contributed by atoms with Crippen molar-refractivity contribution in [3.05, 3.63) is 17.2 Å². The second-order valence-electron chi connectivity index (χ2n) is 4.61. The fourth-order valence-electron chi connectivity index (χ4n) is 1.99. The molecule has 5 nitrogen and oxygen atoms in total. The van der Waals surface area contributed by atoms with Crippen molar-refractivity contribution in [3.63, 3.8) is 0 Å². The molecule has 0 atom stereocenters. The van der Waals surface area contributed by atoms with Crippen LogP contribution in [-0.2, 0) is 28.6 Å². The van der Waals surface area contributed by atoms with Crippen molar-refractivity contribution in [2.45, 2.75) is 37.6 Å². The monoisotopic (exact) mass is 241 g/mol. The molecule has 0 amide bonds. The minimum Gasteiger partial charge on any atom is -0.344 e. The van der Waals surface area contributed by atoms with Crippen molar-refractivity contribution in [2.24, 2.45) is 0 Å². The van der Waals surface area contributed by atoms with Gasteiger partial charge in [0.25, 0.3) is 0 Å². The molecule has 3 rings (SSSR count). The molecule has 0 saturated heterocycles. The van der Waals surface area contributed by atoms with E-state index in [-0.39, 0.29) is 11.5 Å². The topological polar surface area (TPSA) is 74.8 Å². The molecule has 2 N–H and O–H groups in total. The molecule has 1 saturated carbocycles. The Kier molecular flexibility index (Phi) is 2.29. The highest BCUT2D eigenvalue weighted by Crippen LogP contribution is 2.21. The zero-order valence-corrected chi connectivity index (χ0v) is 9.81. The van der Waals surface area contributed by atoms with Crippen LogP contribution in [0.5, 0.6) is 0 Å². The van der Waals surface area contributed by atoms with Crippen LogP contribution in [0, 0.1) is 0 Å². The first-order valence-electron chi connectivity index (χ1n) is 5.63. The maximum atomic E-state index is 11.4. The number of aromatic amines is 1. The molecule has 1 aliphatic carbocycles. The number of fused-ring (bicyclic) bond motifs is 1. The summed E-state index contributed by atoms with van der Waals surface area (Å²) in [5, 5.41) is 3.36. The summed E-state index contributed by atoms with van der Waals surface area (Å²) < 4.78 is 22.9. The van der Waals surface area contributed by atoms with Crippen LogP contribution in [-0.4, -0.2) is 30.2 Å². The Morgan fingerprint density at radius 3 is 3.00 bits per heavy atom. The fraction of sp³-hybridized carbons (Fsp3) is 0.700. The van der Waals surface area contributed by atoms with Gasteiger partial charge in [-0.25, -0.2) is 13.4 Å². The Balaban J connectivity index is 1.75. The third-order valence-electron chi connectivity index (χ3n) is 3.06. The highest BCUT2D eigenvalue weighted by Gasteiger charge is 2.25. The summed E-state index contributed by atoms with van der Waals surface area (Å²) >= 11 is 0. The molecule has 0 radical (unpaired) electrons. The van der Waals surface area contributed by atoms with Gasteiger partial charge in [0.15, 0.2) is 9.84 Å². The number of rotatable bonds is 3. The predicted molar refractivity (Wildman–Crippen MR) is 59.6 cm³/mol. The van der Waals surface area contributed by atoms with E-state index in [1.54, 1.807) is 0 Å². The van der Waals surface area contributed by atoms with E-state index in [2.05, 4.69) is 15.3 Å². The number of aromatic nitrogens is 2. The first-order valence-corrected chi connectivity index (χ1v) is 7.45. The smallest absolute Gasteiger partial charge is 0.156 e. The van der Waals surface area contributed by atoms with Gasteiger partial charge in [-0.1, -0.05) is 0 Å². The van der Waals surface area contributed by atoms with Crippen molar-refractivity contribution in [2.75, 3.05) is 5.75 Å². The summed E-state index contributed by atoms with van der Waals surface area (Å²) in [5.41, 5.74) is 1.72. The Labute approximate surface area is 94.6 Å². The number of nitrogens with one attached hydrogen (secondary N) is 2. The van der Waals surface area contributed by atoms with Gasteiger partial charge in [0.1, 0.15) is 5.82 Å². The maximum Gasteiger partial charge on any atom is 0.156 e. The lowest BCUT2D eigenvalue weighted by Gasteiger charge is -2.09. The van der Waals surface area contributed by atoms with E-state index < -0.39 is 9.84 Å². The average Bonchev–Trinajstić information content (AvgIpc) is 2.95. The fourth-order valence-corrected chi connectivity index (χ4v) is 3.31. The molecule has 6 heteroatoms. The Morgan fingerprint density at radius 1 is 1.44 bits per heavy atom. The zero-order valence-electron chi connectivity index (χ0n) is 8.99. The summed E-state index contributed by atoms with van der Waals surface area (Å²) in [5.74, 6) is 1.23. The van der Waals surface area contributed by atoms with Crippen molar-refractivity contribution >= 4 is 9.84 Å². The number of hydrogen-bond acceptors (Lipinski definition) is 4. The molecule has 1 aromatic heterocycles. The molecule has 0 spiro atoms. The van der Waals surface area contributed by atoms with Gasteiger partial charge >= 0.3 is 0 Å². The highest BCUT2D eigenvalue weighted by molar-refractivity contribution is 7.90. The van der Waals surface area contributed by atoms with Gasteiger partial charge in [-0.15, -0.1) is 0 Å². The van der Waals surface area contributed by atoms with Crippen molar-refractivity contribution in [1.29, 1.82) is 0 Å². The molecule has 2 aliphatic rings. The van der Waals surface area contributed by atoms with E-state index in [0.717, 1.165) is 23.8 Å². The maximum absolute atomic E-state index is 11.4. The van der Waals surface area contributed by atoms with E-state index >= 15 is 0 Å². The average molecular weight is 241 g/mol. The van der Waals surface area contributed by atoms with Gasteiger partial charge in [0, 0.05) is 12.5 Å². The third-order valence-corrected chi connectivity index (χ3v) is 4.62. The van der Waals surface area contributed by atoms with Crippen LogP contribution < -0.4 is 5.32 Å². The van der Waals surface area contributed by atoms with E-state index in [0.29, 0.717) is 12.5 Å². The number of imidazole rings is 1. The number of H-pyrrole nitrogens is 1. The first-order chi connectivity index (χ1) is 7.62. The third kappa shape index (κ3) is 2.12. The molecular formula is C10H15N3O2S. The van der Waals surface area contributed by atoms with Crippen LogP contribution >= 0.6 is 0 Å². The summed E-state index contributed by atoms with van der Waals surface area (Å²) in [6, 6.07) is 0.644. The lowest BCUT2D eigenvalue weighted by Crippen LogP contribution is -2.18. The standard InChI is InChI=1S/C10H15N3O2S/c14-16(15)4-3-8-9(6-16)13-10(12-8)5-11-7-1-2-7/h7,11H,1-6H2,(H,12,13). The lowest BCUT2D eigenvalue weighted by molar-refractivity contribution is 0.590. The summed E-state index contributed by atoms with van der Waals surface area (Å²) in [7, 11) is -2.89. The molecule has 1 aliphatic heterocycles. The minimum atomic E-state index is -2.89. The molecule has 0 unspecified atom stereocenters. The van der Waals surface area contributed by atoms with Gasteiger partial charge in [-0.3, -0.25) is 0 Å². The summed E-state index contributed by atoms with van der Waals surface area (Å²) in [4.78, 5) is 7.55. The molecule has 88 valence electrons. The van der Waals surface area contributed by atoms with Crippen molar-refractivity contribution < 1.29 is 8.42 Å². The Hall–Kier alpha value is -0.880. The normalized spacial score (nSPS) is 23.0. The van der Waals surface area contributed by atoms with E-state index in [1.807, 2.05) is 0 Å². The second kappa shape index (κ2) is 3.56. The molecular weight excluding hydrogens is 226 g/mol. The van der Waals surface area contributed by atoms with Gasteiger partial charge in [0.2, 0.25) is 0 Å². The SMILES string of the molecule is O=S1(=O)CCc2nc(CNC3CC3)[nH]c2C1. The van der Waals surface area contributed by atoms with Crippen LogP contribution in [0.1, 0.15) is 30.1 Å². The Morgan fingerprint density at radius 2 is 2.25 bits per heavy atom. The van der Waals surface area contributed by atoms with Gasteiger partial charge < -0.3 is 10.3 Å². The van der Waals surface area contributed by atoms with Gasteiger partial charge in [-0.05, 0) is 12.8 Å². The molecule has 1 fully saturated rings. The van der Waals surface area contributed by atoms with Gasteiger partial charge in [-0.2, -0.15) is 0 Å². The number of nitrogens with zero attached hydrogens (tertiary/aromatic N) is 1.